The summed E-state index contributed by atoms with van der Waals surface area (Å²) in [7, 11) is 0. The number of carbonyl (C=O) groups is 2. The van der Waals surface area contributed by atoms with Gasteiger partial charge in [0.1, 0.15) is 6.10 Å². The van der Waals surface area contributed by atoms with E-state index in [9.17, 15) is 22.8 Å². The van der Waals surface area contributed by atoms with Crippen molar-refractivity contribution >= 4 is 11.7 Å². The molecule has 2 N–H and O–H groups in total. The molecule has 1 aliphatic carbocycles. The van der Waals surface area contributed by atoms with Crippen molar-refractivity contribution in [3.8, 4) is 0 Å². The Balaban J connectivity index is 1.59. The van der Waals surface area contributed by atoms with Gasteiger partial charge in [0, 0.05) is 12.7 Å². The molecule has 0 spiro atoms. The van der Waals surface area contributed by atoms with Crippen molar-refractivity contribution < 1.29 is 27.5 Å². The molecule has 1 aromatic carbocycles. The highest BCUT2D eigenvalue weighted by molar-refractivity contribution is 5.92. The molecule has 1 heterocycles. The van der Waals surface area contributed by atoms with Gasteiger partial charge >= 0.3 is 6.18 Å². The van der Waals surface area contributed by atoms with Crippen LogP contribution < -0.4 is 5.73 Å². The Kier molecular flexibility index (Phi) is 4.86. The summed E-state index contributed by atoms with van der Waals surface area (Å²) < 4.78 is 43.3. The third-order valence-corrected chi connectivity index (χ3v) is 4.31. The number of allylic oxidation sites excluding steroid dienone is 1. The molecular formula is C18H17F3N2O3. The second-order valence-electron chi connectivity index (χ2n) is 6.27. The Morgan fingerprint density at radius 1 is 1.27 bits per heavy atom. The fourth-order valence-electron chi connectivity index (χ4n) is 3.02. The van der Waals surface area contributed by atoms with Crippen LogP contribution in [0.4, 0.5) is 13.2 Å². The first-order chi connectivity index (χ1) is 12.2. The number of carbonyl (C=O) groups excluding carboxylic acids is 2. The van der Waals surface area contributed by atoms with Gasteiger partial charge in [0.15, 0.2) is 5.78 Å². The Labute approximate surface area is 147 Å². The van der Waals surface area contributed by atoms with Crippen molar-refractivity contribution in [2.24, 2.45) is 11.7 Å². The lowest BCUT2D eigenvalue weighted by Gasteiger charge is -2.23. The summed E-state index contributed by atoms with van der Waals surface area (Å²) >= 11 is 0. The molecule has 8 heteroatoms. The number of ketones is 1. The van der Waals surface area contributed by atoms with Gasteiger partial charge in [-0.1, -0.05) is 18.2 Å². The van der Waals surface area contributed by atoms with Gasteiger partial charge in [0.05, 0.1) is 24.6 Å². The highest BCUT2D eigenvalue weighted by Crippen LogP contribution is 2.31. The number of ether oxygens (including phenoxy) is 1. The number of primary amides is 1. The third kappa shape index (κ3) is 3.96. The Morgan fingerprint density at radius 2 is 1.96 bits per heavy atom. The van der Waals surface area contributed by atoms with Gasteiger partial charge in [-0.3, -0.25) is 9.59 Å². The van der Waals surface area contributed by atoms with Crippen LogP contribution in [-0.4, -0.2) is 35.8 Å². The molecule has 26 heavy (non-hydrogen) atoms. The van der Waals surface area contributed by atoms with Gasteiger partial charge < -0.3 is 15.4 Å². The fourth-order valence-corrected chi connectivity index (χ4v) is 3.02. The third-order valence-electron chi connectivity index (χ3n) is 4.31. The summed E-state index contributed by atoms with van der Waals surface area (Å²) in [4.78, 5) is 25.2. The molecule has 1 amide bonds. The van der Waals surface area contributed by atoms with E-state index >= 15 is 0 Å². The topological polar surface area (TPSA) is 72.6 Å². The van der Waals surface area contributed by atoms with Crippen LogP contribution in [0.25, 0.3) is 0 Å². The monoisotopic (exact) mass is 366 g/mol. The van der Waals surface area contributed by atoms with Crippen LogP contribution in [0.3, 0.4) is 0 Å². The van der Waals surface area contributed by atoms with E-state index in [1.54, 1.807) is 23.3 Å². The summed E-state index contributed by atoms with van der Waals surface area (Å²) in [5.74, 6) is -1.01. The van der Waals surface area contributed by atoms with E-state index in [0.717, 1.165) is 17.7 Å². The molecule has 0 radical (unpaired) electrons. The number of fused-ring (bicyclic) bond motifs is 1. The smallest absolute Gasteiger partial charge is 0.368 e. The van der Waals surface area contributed by atoms with E-state index < -0.39 is 29.7 Å². The summed E-state index contributed by atoms with van der Waals surface area (Å²) in [6.45, 7) is 0.426. The quantitative estimate of drug-likeness (QED) is 0.866. The molecular weight excluding hydrogens is 349 g/mol. The number of hydrogen-bond donors (Lipinski definition) is 1. The van der Waals surface area contributed by atoms with Crippen LogP contribution in [-0.2, 0) is 27.1 Å². The standard InChI is InChI=1S/C18H17F3N2O3/c19-18(20,21)13-4-1-11(2-5-13)10-26-15-6-3-12-7-23(9-16(22)24)8-14(12)17(15)25/h1-7,14-15H,8-10H2,(H2,22,24). The average Bonchev–Trinajstić information content (AvgIpc) is 2.96. The number of hydrogen-bond acceptors (Lipinski definition) is 4. The molecule has 1 aromatic rings. The lowest BCUT2D eigenvalue weighted by Crippen LogP contribution is -2.36. The minimum Gasteiger partial charge on any atom is -0.368 e. The number of rotatable bonds is 5. The molecule has 5 nitrogen and oxygen atoms in total. The number of halogens is 3. The first kappa shape index (κ1) is 18.2. The van der Waals surface area contributed by atoms with Crippen LogP contribution in [0.1, 0.15) is 11.1 Å². The van der Waals surface area contributed by atoms with Crippen molar-refractivity contribution in [3.63, 3.8) is 0 Å². The second kappa shape index (κ2) is 6.95. The first-order valence-electron chi connectivity index (χ1n) is 7.98. The van der Waals surface area contributed by atoms with Crippen LogP contribution in [0, 0.1) is 5.92 Å². The van der Waals surface area contributed by atoms with E-state index in [4.69, 9.17) is 10.5 Å². The number of Topliss-reactive ketones (excluding diaryl/α,β-unsaturated/α-hetero) is 1. The molecule has 2 aliphatic rings. The fraction of sp³-hybridized carbons (Fsp3) is 0.333. The number of amides is 1. The molecule has 0 saturated heterocycles. The molecule has 0 saturated carbocycles. The minimum atomic E-state index is -4.39. The highest BCUT2D eigenvalue weighted by atomic mass is 19.4. The molecule has 3 rings (SSSR count). The van der Waals surface area contributed by atoms with Crippen molar-refractivity contribution in [1.29, 1.82) is 0 Å². The molecule has 1 aliphatic heterocycles. The average molecular weight is 366 g/mol. The van der Waals surface area contributed by atoms with Gasteiger partial charge in [0.2, 0.25) is 5.91 Å². The van der Waals surface area contributed by atoms with E-state index in [2.05, 4.69) is 0 Å². The van der Waals surface area contributed by atoms with E-state index in [0.29, 0.717) is 12.1 Å². The van der Waals surface area contributed by atoms with E-state index in [-0.39, 0.29) is 18.9 Å². The number of benzene rings is 1. The lowest BCUT2D eigenvalue weighted by atomic mass is 9.88. The lowest BCUT2D eigenvalue weighted by molar-refractivity contribution is -0.137. The highest BCUT2D eigenvalue weighted by Gasteiger charge is 2.36. The van der Waals surface area contributed by atoms with E-state index in [1.165, 1.54) is 12.1 Å². The SMILES string of the molecule is NC(=O)CN1C=C2C=CC(OCc3ccc(C(F)(F)F)cc3)C(=O)C2C1. The molecule has 2 unspecified atom stereocenters. The zero-order chi connectivity index (χ0) is 18.9. The summed E-state index contributed by atoms with van der Waals surface area (Å²) in [6, 6.07) is 4.62. The molecule has 2 atom stereocenters. The maximum absolute atomic E-state index is 12.6. The zero-order valence-corrected chi connectivity index (χ0v) is 13.7. The summed E-state index contributed by atoms with van der Waals surface area (Å²) in [5, 5.41) is 0. The molecule has 0 bridgehead atoms. The van der Waals surface area contributed by atoms with Gasteiger partial charge in [-0.15, -0.1) is 0 Å². The van der Waals surface area contributed by atoms with Crippen molar-refractivity contribution in [3.05, 3.63) is 59.3 Å². The number of nitrogens with two attached hydrogens (primary N) is 1. The molecule has 0 fully saturated rings. The van der Waals surface area contributed by atoms with E-state index in [1.807, 2.05) is 0 Å². The van der Waals surface area contributed by atoms with Crippen molar-refractivity contribution in [1.82, 2.24) is 4.90 Å². The number of nitrogens with zero attached hydrogens (tertiary/aromatic N) is 1. The summed E-state index contributed by atoms with van der Waals surface area (Å²) in [6.07, 6.45) is -0.0419. The van der Waals surface area contributed by atoms with Crippen LogP contribution in [0.15, 0.2) is 48.2 Å². The molecule has 0 aromatic heterocycles. The van der Waals surface area contributed by atoms with Gasteiger partial charge in [-0.25, -0.2) is 0 Å². The summed E-state index contributed by atoms with van der Waals surface area (Å²) in [5.41, 5.74) is 5.77. The zero-order valence-electron chi connectivity index (χ0n) is 13.7. The second-order valence-corrected chi connectivity index (χ2v) is 6.27. The Bertz CT molecular complexity index is 769. The van der Waals surface area contributed by atoms with Crippen molar-refractivity contribution in [2.75, 3.05) is 13.1 Å². The van der Waals surface area contributed by atoms with Crippen LogP contribution in [0.2, 0.25) is 0 Å². The number of alkyl halides is 3. The van der Waals surface area contributed by atoms with Gasteiger partial charge in [-0.05, 0) is 29.3 Å². The van der Waals surface area contributed by atoms with Gasteiger partial charge in [-0.2, -0.15) is 13.2 Å². The Hall–Kier alpha value is -2.61. The van der Waals surface area contributed by atoms with Gasteiger partial charge in [0.25, 0.3) is 0 Å². The maximum Gasteiger partial charge on any atom is 0.416 e. The predicted octanol–water partition coefficient (Wildman–Crippen LogP) is 2.03. The molecule has 138 valence electrons. The van der Waals surface area contributed by atoms with Crippen LogP contribution >= 0.6 is 0 Å². The Morgan fingerprint density at radius 3 is 2.58 bits per heavy atom. The maximum atomic E-state index is 12.6. The van der Waals surface area contributed by atoms with Crippen molar-refractivity contribution in [2.45, 2.75) is 18.9 Å². The first-order valence-corrected chi connectivity index (χ1v) is 7.98. The minimum absolute atomic E-state index is 0.0235. The normalized spacial score (nSPS) is 22.3. The largest absolute Gasteiger partial charge is 0.416 e. The predicted molar refractivity (Wildman–Crippen MR) is 86.5 cm³/mol. The van der Waals surface area contributed by atoms with Crippen LogP contribution in [0.5, 0.6) is 0 Å².